The number of fused-ring (bicyclic) bond motifs is 1. The number of halogens is 9. The fourth-order valence-electron chi connectivity index (χ4n) is 4.92. The van der Waals surface area contributed by atoms with Crippen LogP contribution in [0.15, 0.2) is 29.2 Å². The summed E-state index contributed by atoms with van der Waals surface area (Å²) in [5, 5.41) is 19.7. The fourth-order valence-corrected chi connectivity index (χ4v) is 4.92. The third-order valence-electron chi connectivity index (χ3n) is 7.29. The van der Waals surface area contributed by atoms with Gasteiger partial charge in [0.2, 0.25) is 5.43 Å². The molecule has 1 unspecified atom stereocenters. The summed E-state index contributed by atoms with van der Waals surface area (Å²) < 4.78 is 128. The summed E-state index contributed by atoms with van der Waals surface area (Å²) in [6, 6.07) is -2.00. The number of pyridine rings is 2. The highest BCUT2D eigenvalue weighted by atomic mass is 19.4. The second-order valence-electron chi connectivity index (χ2n) is 11.7. The normalized spacial score (nSPS) is 16.2. The zero-order valence-corrected chi connectivity index (χ0v) is 23.2. The average molecular weight is 641 g/mol. The van der Waals surface area contributed by atoms with Crippen LogP contribution in [0.2, 0.25) is 0 Å². The van der Waals surface area contributed by atoms with Gasteiger partial charge in [-0.25, -0.2) is 22.5 Å². The Morgan fingerprint density at radius 1 is 0.977 bits per heavy atom. The summed E-state index contributed by atoms with van der Waals surface area (Å²) in [4.78, 5) is 31.7. The Kier molecular flexibility index (Phi) is 8.22. The molecule has 0 bridgehead atoms. The van der Waals surface area contributed by atoms with Gasteiger partial charge in [-0.3, -0.25) is 14.2 Å². The van der Waals surface area contributed by atoms with Crippen molar-refractivity contribution in [1.82, 2.24) is 14.9 Å². The number of nitrogens with zero attached hydrogens (tertiary/aromatic N) is 3. The number of aromatic nitrogens is 2. The topological polar surface area (TPSA) is 108 Å². The van der Waals surface area contributed by atoms with Crippen molar-refractivity contribution in [3.8, 4) is 5.69 Å². The smallest absolute Gasteiger partial charge is 0.396 e. The lowest BCUT2D eigenvalue weighted by Gasteiger charge is -2.48. The number of carbonyl (C=O) groups excluding carboxylic acids is 1. The first-order valence-corrected chi connectivity index (χ1v) is 12.8. The minimum Gasteiger partial charge on any atom is -0.396 e. The largest absolute Gasteiger partial charge is 0.455 e. The van der Waals surface area contributed by atoms with Crippen LogP contribution in [0.5, 0.6) is 0 Å². The molecule has 17 heteroatoms. The lowest BCUT2D eigenvalue weighted by atomic mass is 9.81. The van der Waals surface area contributed by atoms with Crippen LogP contribution in [0.3, 0.4) is 0 Å². The quantitative estimate of drug-likeness (QED) is 0.337. The van der Waals surface area contributed by atoms with Crippen molar-refractivity contribution in [2.45, 2.75) is 38.9 Å². The number of aliphatic hydroxyl groups is 2. The zero-order chi connectivity index (χ0) is 33.2. The van der Waals surface area contributed by atoms with Crippen LogP contribution in [0.1, 0.15) is 31.1 Å². The predicted octanol–water partition coefficient (Wildman–Crippen LogP) is 4.08. The van der Waals surface area contributed by atoms with Crippen LogP contribution in [0, 0.1) is 34.1 Å². The number of hydrogen-bond donors (Lipinski definition) is 3. The molecule has 1 saturated heterocycles. The number of benzene rings is 1. The van der Waals surface area contributed by atoms with E-state index >= 15 is 4.39 Å². The maximum absolute atomic E-state index is 15.3. The molecule has 0 aliphatic carbocycles. The Balaban J connectivity index is 1.95. The molecule has 4 rings (SSSR count). The lowest BCUT2D eigenvalue weighted by molar-refractivity contribution is -0.300. The van der Waals surface area contributed by atoms with Gasteiger partial charge in [-0.2, -0.15) is 22.0 Å². The van der Waals surface area contributed by atoms with Crippen molar-refractivity contribution >= 4 is 22.8 Å². The first kappa shape index (κ1) is 33.0. The predicted molar refractivity (Wildman–Crippen MR) is 138 cm³/mol. The van der Waals surface area contributed by atoms with Crippen LogP contribution in [-0.2, 0) is 0 Å². The third-order valence-corrected chi connectivity index (χ3v) is 7.29. The highest BCUT2D eigenvalue weighted by molar-refractivity contribution is 5.97. The van der Waals surface area contributed by atoms with E-state index in [2.05, 4.69) is 4.98 Å². The molecule has 1 fully saturated rings. The maximum atomic E-state index is 15.3. The standard InChI is InChI=1S/C27H25F9N4O4/c1-24(2,3)23(26(32,33)27(34,35)36)38-22(44)14-7-40(18-15(29)4-12(28)5-16(18)30)20-13(19(14)43)6-17(31)21(37-20)39-8-25(9-39,10-41)11-42/h4-7,23,41-42H,8-11H2,1-3H3,(H,38,44). The van der Waals surface area contributed by atoms with Gasteiger partial charge in [0.1, 0.15) is 23.1 Å². The number of anilines is 1. The van der Waals surface area contributed by atoms with Crippen molar-refractivity contribution < 1.29 is 54.5 Å². The Labute approximate surface area is 242 Å². The Bertz CT molecular complexity index is 1650. The van der Waals surface area contributed by atoms with E-state index in [0.29, 0.717) is 16.8 Å². The summed E-state index contributed by atoms with van der Waals surface area (Å²) >= 11 is 0. The number of hydrogen-bond acceptors (Lipinski definition) is 6. The number of carbonyl (C=O) groups is 1. The van der Waals surface area contributed by atoms with Crippen molar-refractivity contribution in [3.63, 3.8) is 0 Å². The van der Waals surface area contributed by atoms with Gasteiger partial charge in [0.05, 0.1) is 24.0 Å². The van der Waals surface area contributed by atoms with E-state index in [1.54, 1.807) is 0 Å². The van der Waals surface area contributed by atoms with Gasteiger partial charge in [0.15, 0.2) is 28.9 Å². The summed E-state index contributed by atoms with van der Waals surface area (Å²) in [6.07, 6.45) is -5.73. The summed E-state index contributed by atoms with van der Waals surface area (Å²) in [5.41, 5.74) is -7.51. The van der Waals surface area contributed by atoms with E-state index in [9.17, 15) is 54.9 Å². The maximum Gasteiger partial charge on any atom is 0.455 e. The molecule has 8 nitrogen and oxygen atoms in total. The van der Waals surface area contributed by atoms with E-state index in [1.807, 2.05) is 0 Å². The number of rotatable bonds is 7. The zero-order valence-electron chi connectivity index (χ0n) is 23.2. The van der Waals surface area contributed by atoms with E-state index in [4.69, 9.17) is 0 Å². The Morgan fingerprint density at radius 2 is 1.52 bits per heavy atom. The molecule has 3 aromatic rings. The highest BCUT2D eigenvalue weighted by Gasteiger charge is 2.65. The van der Waals surface area contributed by atoms with Gasteiger partial charge in [0, 0.05) is 31.4 Å². The minimum absolute atomic E-state index is 0.138. The Morgan fingerprint density at radius 3 is 2.00 bits per heavy atom. The first-order valence-electron chi connectivity index (χ1n) is 12.8. The van der Waals surface area contributed by atoms with E-state index in [-0.39, 0.29) is 25.2 Å². The van der Waals surface area contributed by atoms with Crippen LogP contribution >= 0.6 is 0 Å². The van der Waals surface area contributed by atoms with Gasteiger partial charge in [-0.1, -0.05) is 20.8 Å². The number of aliphatic hydroxyl groups excluding tert-OH is 2. The van der Waals surface area contributed by atoms with Crippen LogP contribution in [0.4, 0.5) is 45.3 Å². The fraction of sp³-hybridized carbons (Fsp3) is 0.444. The van der Waals surface area contributed by atoms with Gasteiger partial charge in [0.25, 0.3) is 5.91 Å². The molecule has 1 aliphatic heterocycles. The van der Waals surface area contributed by atoms with E-state index in [0.717, 1.165) is 20.8 Å². The molecule has 0 saturated carbocycles. The summed E-state index contributed by atoms with van der Waals surface area (Å²) in [6.45, 7) is 1.61. The van der Waals surface area contributed by atoms with Crippen LogP contribution in [-0.4, -0.2) is 70.1 Å². The molecule has 1 aliphatic rings. The van der Waals surface area contributed by atoms with Gasteiger partial charge >= 0.3 is 12.1 Å². The van der Waals surface area contributed by atoms with Crippen molar-refractivity contribution in [2.24, 2.45) is 10.8 Å². The summed E-state index contributed by atoms with van der Waals surface area (Å²) in [7, 11) is 0. The van der Waals surface area contributed by atoms with Crippen LogP contribution in [0.25, 0.3) is 16.7 Å². The van der Waals surface area contributed by atoms with Gasteiger partial charge in [-0.15, -0.1) is 0 Å². The second kappa shape index (κ2) is 10.9. The Hall–Kier alpha value is -3.86. The SMILES string of the molecule is CC(C)(C)C(NC(=O)c1cn(-c2c(F)cc(F)cc2F)c2nc(N3CC(CO)(CO)C3)c(F)cc2c1=O)C(F)(F)C(F)(F)F. The third kappa shape index (κ3) is 5.58. The summed E-state index contributed by atoms with van der Waals surface area (Å²) in [5.74, 6) is -13.7. The molecule has 3 heterocycles. The minimum atomic E-state index is -6.13. The second-order valence-corrected chi connectivity index (χ2v) is 11.7. The molecule has 3 N–H and O–H groups in total. The van der Waals surface area contributed by atoms with Crippen molar-refractivity contribution in [1.29, 1.82) is 0 Å². The number of amides is 1. The highest BCUT2D eigenvalue weighted by Crippen LogP contribution is 2.44. The molecule has 1 atom stereocenters. The molecular formula is C27H25F9N4O4. The number of nitrogens with one attached hydrogen (secondary N) is 1. The van der Waals surface area contributed by atoms with Gasteiger partial charge < -0.3 is 20.4 Å². The van der Waals surface area contributed by atoms with Crippen molar-refractivity contribution in [2.75, 3.05) is 31.2 Å². The van der Waals surface area contributed by atoms with E-state index in [1.165, 1.54) is 10.2 Å². The molecule has 1 aromatic carbocycles. The molecule has 44 heavy (non-hydrogen) atoms. The monoisotopic (exact) mass is 640 g/mol. The number of alkyl halides is 5. The van der Waals surface area contributed by atoms with Crippen molar-refractivity contribution in [3.05, 3.63) is 63.5 Å². The average Bonchev–Trinajstić information content (AvgIpc) is 2.86. The first-order chi connectivity index (χ1) is 20.2. The molecule has 2 aromatic heterocycles. The molecule has 240 valence electrons. The molecule has 0 spiro atoms. The van der Waals surface area contributed by atoms with Gasteiger partial charge in [-0.05, 0) is 11.5 Å². The van der Waals surface area contributed by atoms with Crippen LogP contribution < -0.4 is 15.6 Å². The molecule has 1 amide bonds. The molecule has 0 radical (unpaired) electrons. The molecular weight excluding hydrogens is 615 g/mol. The van der Waals surface area contributed by atoms with E-state index < -0.39 is 105 Å². The lowest BCUT2D eigenvalue weighted by Crippen LogP contribution is -2.61.